The maximum atomic E-state index is 10.3. The number of aliphatic hydroxyl groups is 1. The Bertz CT molecular complexity index is 323. The van der Waals surface area contributed by atoms with Crippen molar-refractivity contribution in [3.63, 3.8) is 0 Å². The lowest BCUT2D eigenvalue weighted by Crippen LogP contribution is -2.41. The number of methoxy groups -OCH3 is 1. The van der Waals surface area contributed by atoms with Crippen molar-refractivity contribution in [2.24, 2.45) is 0 Å². The van der Waals surface area contributed by atoms with Crippen LogP contribution in [0.25, 0.3) is 0 Å². The van der Waals surface area contributed by atoms with Crippen molar-refractivity contribution in [2.75, 3.05) is 20.3 Å². The van der Waals surface area contributed by atoms with Crippen LogP contribution in [0, 0.1) is 0 Å². The Labute approximate surface area is 110 Å². The molecular weight excluding hydrogens is 226 g/mol. The summed E-state index contributed by atoms with van der Waals surface area (Å²) >= 11 is 0. The van der Waals surface area contributed by atoms with Crippen molar-refractivity contribution in [1.82, 2.24) is 5.32 Å². The minimum Gasteiger partial charge on any atom is -0.389 e. The molecule has 1 aromatic carbocycles. The van der Waals surface area contributed by atoms with E-state index in [0.29, 0.717) is 13.2 Å². The number of nitrogens with one attached hydrogen (secondary N) is 1. The summed E-state index contributed by atoms with van der Waals surface area (Å²) in [6.07, 6.45) is 1.51. The van der Waals surface area contributed by atoms with Gasteiger partial charge in [0.2, 0.25) is 0 Å². The maximum Gasteiger partial charge on any atom is 0.0766 e. The third-order valence-corrected chi connectivity index (χ3v) is 3.53. The molecule has 0 radical (unpaired) electrons. The van der Waals surface area contributed by atoms with E-state index in [0.717, 1.165) is 12.8 Å². The summed E-state index contributed by atoms with van der Waals surface area (Å²) in [7, 11) is 1.70. The molecule has 0 saturated carbocycles. The van der Waals surface area contributed by atoms with Crippen molar-refractivity contribution in [3.8, 4) is 0 Å². The Kier molecular flexibility index (Phi) is 6.33. The zero-order chi connectivity index (χ0) is 13.4. The van der Waals surface area contributed by atoms with Crippen molar-refractivity contribution in [2.45, 2.75) is 38.3 Å². The molecule has 3 nitrogen and oxygen atoms in total. The van der Waals surface area contributed by atoms with Crippen molar-refractivity contribution >= 4 is 0 Å². The van der Waals surface area contributed by atoms with Gasteiger partial charge >= 0.3 is 0 Å². The zero-order valence-electron chi connectivity index (χ0n) is 11.6. The lowest BCUT2D eigenvalue weighted by molar-refractivity contribution is 0.0263. The highest BCUT2D eigenvalue weighted by Gasteiger charge is 2.23. The molecule has 0 saturated heterocycles. The van der Waals surface area contributed by atoms with Crippen LogP contribution in [0.3, 0.4) is 0 Å². The van der Waals surface area contributed by atoms with Gasteiger partial charge in [-0.05, 0) is 18.4 Å². The average Bonchev–Trinajstić information content (AvgIpc) is 2.44. The molecule has 0 aliphatic rings. The van der Waals surface area contributed by atoms with Crippen molar-refractivity contribution in [3.05, 3.63) is 35.9 Å². The van der Waals surface area contributed by atoms with Crippen LogP contribution in [0.15, 0.2) is 30.3 Å². The Hall–Kier alpha value is -0.900. The van der Waals surface area contributed by atoms with Crippen molar-refractivity contribution < 1.29 is 9.84 Å². The van der Waals surface area contributed by atoms with E-state index in [-0.39, 0.29) is 6.04 Å². The SMILES string of the molecule is CCC(O)(CC)CNC(COC)c1ccccc1. The van der Waals surface area contributed by atoms with Gasteiger partial charge < -0.3 is 15.2 Å². The highest BCUT2D eigenvalue weighted by Crippen LogP contribution is 2.17. The van der Waals surface area contributed by atoms with Crippen LogP contribution in [-0.2, 0) is 4.74 Å². The number of ether oxygens (including phenoxy) is 1. The lowest BCUT2D eigenvalue weighted by Gasteiger charge is -2.28. The molecule has 0 heterocycles. The first-order valence-corrected chi connectivity index (χ1v) is 6.65. The van der Waals surface area contributed by atoms with Gasteiger partial charge in [-0.3, -0.25) is 0 Å². The van der Waals surface area contributed by atoms with Crippen LogP contribution in [0.4, 0.5) is 0 Å². The number of hydrogen-bond donors (Lipinski definition) is 2. The topological polar surface area (TPSA) is 41.5 Å². The quantitative estimate of drug-likeness (QED) is 0.746. The molecule has 18 heavy (non-hydrogen) atoms. The summed E-state index contributed by atoms with van der Waals surface area (Å²) < 4.78 is 5.25. The van der Waals surface area contributed by atoms with E-state index in [1.54, 1.807) is 7.11 Å². The first kappa shape index (κ1) is 15.2. The molecule has 3 heteroatoms. The van der Waals surface area contributed by atoms with E-state index in [2.05, 4.69) is 17.4 Å². The minimum atomic E-state index is -0.624. The summed E-state index contributed by atoms with van der Waals surface area (Å²) in [6, 6.07) is 10.3. The molecule has 0 aromatic heterocycles. The van der Waals surface area contributed by atoms with E-state index in [1.165, 1.54) is 5.56 Å². The molecule has 2 N–H and O–H groups in total. The fourth-order valence-corrected chi connectivity index (χ4v) is 1.94. The molecule has 0 fully saturated rings. The Balaban J connectivity index is 2.64. The summed E-state index contributed by atoms with van der Waals surface area (Å²) in [6.45, 7) is 5.22. The Morgan fingerprint density at radius 3 is 2.33 bits per heavy atom. The predicted octanol–water partition coefficient (Wildman–Crippen LogP) is 2.51. The van der Waals surface area contributed by atoms with Crippen LogP contribution < -0.4 is 5.32 Å². The second-order valence-electron chi connectivity index (χ2n) is 4.73. The highest BCUT2D eigenvalue weighted by molar-refractivity contribution is 5.19. The zero-order valence-corrected chi connectivity index (χ0v) is 11.6. The van der Waals surface area contributed by atoms with E-state index in [4.69, 9.17) is 4.74 Å². The van der Waals surface area contributed by atoms with Gasteiger partial charge in [0.15, 0.2) is 0 Å². The fourth-order valence-electron chi connectivity index (χ4n) is 1.94. The molecule has 0 bridgehead atoms. The molecule has 1 unspecified atom stereocenters. The second kappa shape index (κ2) is 7.52. The molecule has 1 rings (SSSR count). The van der Waals surface area contributed by atoms with Crippen LogP contribution in [0.1, 0.15) is 38.3 Å². The van der Waals surface area contributed by atoms with Crippen LogP contribution in [0.2, 0.25) is 0 Å². The molecular formula is C15H25NO2. The molecule has 1 aromatic rings. The Morgan fingerprint density at radius 1 is 1.22 bits per heavy atom. The first-order valence-electron chi connectivity index (χ1n) is 6.65. The van der Waals surface area contributed by atoms with Crippen LogP contribution in [-0.4, -0.2) is 31.0 Å². The minimum absolute atomic E-state index is 0.126. The largest absolute Gasteiger partial charge is 0.389 e. The number of benzene rings is 1. The van der Waals surface area contributed by atoms with Gasteiger partial charge in [-0.2, -0.15) is 0 Å². The molecule has 1 atom stereocenters. The van der Waals surface area contributed by atoms with Crippen molar-refractivity contribution in [1.29, 1.82) is 0 Å². The summed E-state index contributed by atoms with van der Waals surface area (Å²) in [4.78, 5) is 0. The molecule has 102 valence electrons. The Morgan fingerprint density at radius 2 is 1.83 bits per heavy atom. The highest BCUT2D eigenvalue weighted by atomic mass is 16.5. The van der Waals surface area contributed by atoms with Gasteiger partial charge in [-0.1, -0.05) is 44.2 Å². The third-order valence-electron chi connectivity index (χ3n) is 3.53. The van der Waals surface area contributed by atoms with E-state index >= 15 is 0 Å². The van der Waals surface area contributed by atoms with E-state index in [1.807, 2.05) is 32.0 Å². The van der Waals surface area contributed by atoms with Crippen LogP contribution >= 0.6 is 0 Å². The predicted molar refractivity (Wildman–Crippen MR) is 74.6 cm³/mol. The standard InChI is InChI=1S/C15H25NO2/c1-4-15(17,5-2)12-16-14(11-18-3)13-9-7-6-8-10-13/h6-10,14,16-17H,4-5,11-12H2,1-3H3. The number of rotatable bonds is 8. The first-order chi connectivity index (χ1) is 8.65. The molecule has 0 spiro atoms. The second-order valence-corrected chi connectivity index (χ2v) is 4.73. The van der Waals surface area contributed by atoms with Gasteiger partial charge in [0.25, 0.3) is 0 Å². The maximum absolute atomic E-state index is 10.3. The molecule has 0 amide bonds. The average molecular weight is 251 g/mol. The summed E-state index contributed by atoms with van der Waals surface area (Å²) in [5, 5.41) is 13.7. The van der Waals surface area contributed by atoms with Gasteiger partial charge in [0.05, 0.1) is 18.2 Å². The normalized spacial score (nSPS) is 13.6. The monoisotopic (exact) mass is 251 g/mol. The van der Waals surface area contributed by atoms with Gasteiger partial charge in [0, 0.05) is 13.7 Å². The van der Waals surface area contributed by atoms with Gasteiger partial charge in [-0.25, -0.2) is 0 Å². The van der Waals surface area contributed by atoms with E-state index < -0.39 is 5.60 Å². The molecule has 0 aliphatic carbocycles. The van der Waals surface area contributed by atoms with Gasteiger partial charge in [0.1, 0.15) is 0 Å². The summed E-state index contributed by atoms with van der Waals surface area (Å²) in [5.41, 5.74) is 0.565. The van der Waals surface area contributed by atoms with E-state index in [9.17, 15) is 5.11 Å². The number of hydrogen-bond acceptors (Lipinski definition) is 3. The van der Waals surface area contributed by atoms with Gasteiger partial charge in [-0.15, -0.1) is 0 Å². The molecule has 0 aliphatic heterocycles. The van der Waals surface area contributed by atoms with Crippen LogP contribution in [0.5, 0.6) is 0 Å². The fraction of sp³-hybridized carbons (Fsp3) is 0.600. The lowest BCUT2D eigenvalue weighted by atomic mass is 9.96. The summed E-state index contributed by atoms with van der Waals surface area (Å²) in [5.74, 6) is 0. The smallest absolute Gasteiger partial charge is 0.0766 e. The third kappa shape index (κ3) is 4.41.